The van der Waals surface area contributed by atoms with Crippen molar-refractivity contribution in [3.8, 4) is 17.2 Å². The zero-order chi connectivity index (χ0) is 20.5. The van der Waals surface area contributed by atoms with Crippen molar-refractivity contribution in [1.29, 1.82) is 5.26 Å². The first-order valence-electron chi connectivity index (χ1n) is 10.4. The number of carbonyl (C=O) groups is 1. The van der Waals surface area contributed by atoms with Crippen LogP contribution in [0, 0.1) is 17.2 Å². The van der Waals surface area contributed by atoms with Gasteiger partial charge in [-0.3, -0.25) is 9.89 Å². The molecule has 0 unspecified atom stereocenters. The van der Waals surface area contributed by atoms with Crippen LogP contribution in [0.2, 0.25) is 0 Å². The van der Waals surface area contributed by atoms with Gasteiger partial charge in [-0.15, -0.1) is 0 Å². The molecule has 0 aliphatic carbocycles. The maximum absolute atomic E-state index is 13.1. The number of rotatable bonds is 3. The minimum atomic E-state index is 0.0798. The van der Waals surface area contributed by atoms with Crippen LogP contribution in [-0.4, -0.2) is 34.1 Å². The SMILES string of the molecule is N#Cc1ccc2c(c1)CN(C(=O)C1CCN(c3ccc(-c4cn[nH]c4)cc3)CC1)C2. The van der Waals surface area contributed by atoms with Crippen LogP contribution in [0.1, 0.15) is 29.5 Å². The Balaban J connectivity index is 1.19. The summed E-state index contributed by atoms with van der Waals surface area (Å²) in [6, 6.07) is 16.5. The van der Waals surface area contributed by atoms with Crippen LogP contribution >= 0.6 is 0 Å². The third kappa shape index (κ3) is 3.43. The van der Waals surface area contributed by atoms with Gasteiger partial charge in [-0.25, -0.2) is 0 Å². The fraction of sp³-hybridized carbons (Fsp3) is 0.292. The number of piperidine rings is 1. The molecule has 0 atom stereocenters. The number of hydrogen-bond donors (Lipinski definition) is 1. The Morgan fingerprint density at radius 2 is 1.80 bits per heavy atom. The van der Waals surface area contributed by atoms with Crippen LogP contribution in [-0.2, 0) is 17.9 Å². The van der Waals surface area contributed by atoms with E-state index in [1.807, 2.05) is 35.5 Å². The van der Waals surface area contributed by atoms with E-state index in [2.05, 4.69) is 45.4 Å². The van der Waals surface area contributed by atoms with E-state index in [1.54, 1.807) is 0 Å². The summed E-state index contributed by atoms with van der Waals surface area (Å²) in [4.78, 5) is 17.4. The van der Waals surface area contributed by atoms with Crippen LogP contribution < -0.4 is 4.90 Å². The lowest BCUT2D eigenvalue weighted by Gasteiger charge is -2.34. The lowest BCUT2D eigenvalue weighted by Crippen LogP contribution is -2.41. The van der Waals surface area contributed by atoms with Crippen molar-refractivity contribution < 1.29 is 4.79 Å². The average Bonchev–Trinajstić information content (AvgIpc) is 3.48. The van der Waals surface area contributed by atoms with E-state index in [1.165, 1.54) is 5.69 Å². The molecule has 3 heterocycles. The Morgan fingerprint density at radius 1 is 1.03 bits per heavy atom. The van der Waals surface area contributed by atoms with Crippen molar-refractivity contribution in [3.05, 3.63) is 71.5 Å². The monoisotopic (exact) mass is 397 g/mol. The Morgan fingerprint density at radius 3 is 2.50 bits per heavy atom. The van der Waals surface area contributed by atoms with E-state index in [9.17, 15) is 4.79 Å². The van der Waals surface area contributed by atoms with Gasteiger partial charge < -0.3 is 9.80 Å². The minimum absolute atomic E-state index is 0.0798. The molecule has 0 spiro atoms. The maximum atomic E-state index is 13.1. The van der Waals surface area contributed by atoms with Gasteiger partial charge >= 0.3 is 0 Å². The molecular formula is C24H23N5O. The number of nitrogens with zero attached hydrogens (tertiary/aromatic N) is 4. The van der Waals surface area contributed by atoms with Gasteiger partial charge in [0.25, 0.3) is 0 Å². The number of amides is 1. The standard InChI is InChI=1S/C24H23N5O/c25-12-17-1-2-20-15-29(16-21(20)11-17)24(30)19-7-9-28(10-8-19)23-5-3-18(4-6-23)22-13-26-27-14-22/h1-6,11,13-14,19H,7-10,15-16H2,(H,26,27). The molecule has 1 N–H and O–H groups in total. The highest BCUT2D eigenvalue weighted by atomic mass is 16.2. The predicted octanol–water partition coefficient (Wildman–Crippen LogP) is 3.71. The average molecular weight is 397 g/mol. The quantitative estimate of drug-likeness (QED) is 0.731. The number of nitrogens with one attached hydrogen (secondary N) is 1. The molecule has 6 nitrogen and oxygen atoms in total. The van der Waals surface area contributed by atoms with Crippen molar-refractivity contribution in [2.24, 2.45) is 5.92 Å². The third-order valence-electron chi connectivity index (χ3n) is 6.28. The number of aromatic amines is 1. The molecule has 5 rings (SSSR count). The summed E-state index contributed by atoms with van der Waals surface area (Å²) in [7, 11) is 0. The zero-order valence-electron chi connectivity index (χ0n) is 16.7. The van der Waals surface area contributed by atoms with Crippen LogP contribution in [0.3, 0.4) is 0 Å². The first kappa shape index (κ1) is 18.4. The number of hydrogen-bond acceptors (Lipinski definition) is 4. The topological polar surface area (TPSA) is 76.0 Å². The molecule has 1 aromatic heterocycles. The molecule has 30 heavy (non-hydrogen) atoms. The van der Waals surface area contributed by atoms with Crippen LogP contribution in [0.15, 0.2) is 54.9 Å². The molecule has 0 radical (unpaired) electrons. The van der Waals surface area contributed by atoms with Gasteiger partial charge in [-0.2, -0.15) is 10.4 Å². The molecule has 0 bridgehead atoms. The molecule has 2 aliphatic heterocycles. The van der Waals surface area contributed by atoms with E-state index < -0.39 is 0 Å². The molecule has 1 amide bonds. The first-order valence-corrected chi connectivity index (χ1v) is 10.4. The first-order chi connectivity index (χ1) is 14.7. The number of H-pyrrole nitrogens is 1. The number of carbonyl (C=O) groups excluding carboxylic acids is 1. The lowest BCUT2D eigenvalue weighted by molar-refractivity contribution is -0.136. The van der Waals surface area contributed by atoms with E-state index in [-0.39, 0.29) is 11.8 Å². The largest absolute Gasteiger partial charge is 0.371 e. The van der Waals surface area contributed by atoms with E-state index in [0.29, 0.717) is 18.7 Å². The smallest absolute Gasteiger partial charge is 0.226 e. The molecule has 6 heteroatoms. The normalized spacial score (nSPS) is 16.4. The van der Waals surface area contributed by atoms with Gasteiger partial charge in [0.05, 0.1) is 17.8 Å². The Bertz CT molecular complexity index is 1090. The van der Waals surface area contributed by atoms with E-state index in [4.69, 9.17) is 5.26 Å². The minimum Gasteiger partial charge on any atom is -0.371 e. The number of aromatic nitrogens is 2. The third-order valence-corrected chi connectivity index (χ3v) is 6.28. The molecule has 1 fully saturated rings. The summed E-state index contributed by atoms with van der Waals surface area (Å²) in [5.41, 5.74) is 6.36. The summed E-state index contributed by atoms with van der Waals surface area (Å²) >= 11 is 0. The number of fused-ring (bicyclic) bond motifs is 1. The molecule has 150 valence electrons. The fourth-order valence-electron chi connectivity index (χ4n) is 4.54. The van der Waals surface area contributed by atoms with Crippen molar-refractivity contribution in [3.63, 3.8) is 0 Å². The molecule has 0 saturated carbocycles. The zero-order valence-corrected chi connectivity index (χ0v) is 16.7. The highest BCUT2D eigenvalue weighted by Crippen LogP contribution is 2.30. The highest BCUT2D eigenvalue weighted by molar-refractivity contribution is 5.80. The van der Waals surface area contributed by atoms with Gasteiger partial charge in [0.2, 0.25) is 5.91 Å². The molecule has 2 aliphatic rings. The van der Waals surface area contributed by atoms with Crippen molar-refractivity contribution in [2.45, 2.75) is 25.9 Å². The van der Waals surface area contributed by atoms with Crippen LogP contribution in [0.5, 0.6) is 0 Å². The Kier molecular flexibility index (Phi) is 4.72. The van der Waals surface area contributed by atoms with Crippen LogP contribution in [0.25, 0.3) is 11.1 Å². The van der Waals surface area contributed by atoms with Gasteiger partial charge in [-0.05, 0) is 53.8 Å². The van der Waals surface area contributed by atoms with Gasteiger partial charge in [0, 0.05) is 49.5 Å². The predicted molar refractivity (Wildman–Crippen MR) is 114 cm³/mol. The molecule has 3 aromatic rings. The van der Waals surface area contributed by atoms with Gasteiger partial charge in [-0.1, -0.05) is 18.2 Å². The summed E-state index contributed by atoms with van der Waals surface area (Å²) in [5, 5.41) is 15.9. The van der Waals surface area contributed by atoms with E-state index in [0.717, 1.165) is 48.2 Å². The summed E-state index contributed by atoms with van der Waals surface area (Å²) in [5.74, 6) is 0.330. The number of benzene rings is 2. The second-order valence-corrected chi connectivity index (χ2v) is 8.08. The summed E-state index contributed by atoms with van der Waals surface area (Å²) in [6.45, 7) is 3.07. The Hall–Kier alpha value is -3.59. The lowest BCUT2D eigenvalue weighted by atomic mass is 9.94. The second kappa shape index (κ2) is 7.68. The van der Waals surface area contributed by atoms with Crippen molar-refractivity contribution in [2.75, 3.05) is 18.0 Å². The van der Waals surface area contributed by atoms with E-state index >= 15 is 0 Å². The number of nitriles is 1. The fourth-order valence-corrected chi connectivity index (χ4v) is 4.54. The van der Waals surface area contributed by atoms with Gasteiger partial charge in [0.1, 0.15) is 0 Å². The summed E-state index contributed by atoms with van der Waals surface area (Å²) in [6.07, 6.45) is 5.46. The molecular weight excluding hydrogens is 374 g/mol. The Labute approximate surface area is 175 Å². The second-order valence-electron chi connectivity index (χ2n) is 8.08. The molecule has 1 saturated heterocycles. The molecule has 2 aromatic carbocycles. The maximum Gasteiger partial charge on any atom is 0.226 e. The van der Waals surface area contributed by atoms with Crippen LogP contribution in [0.4, 0.5) is 5.69 Å². The number of anilines is 1. The van der Waals surface area contributed by atoms with Crippen molar-refractivity contribution >= 4 is 11.6 Å². The van der Waals surface area contributed by atoms with Crippen molar-refractivity contribution in [1.82, 2.24) is 15.1 Å². The summed E-state index contributed by atoms with van der Waals surface area (Å²) < 4.78 is 0. The highest BCUT2D eigenvalue weighted by Gasteiger charge is 2.31. The van der Waals surface area contributed by atoms with Gasteiger partial charge in [0.15, 0.2) is 0 Å².